The van der Waals surface area contributed by atoms with Gasteiger partial charge in [0, 0.05) is 12.6 Å². The minimum atomic E-state index is -0.217. The van der Waals surface area contributed by atoms with Crippen molar-refractivity contribution in [2.24, 2.45) is 5.92 Å². The van der Waals surface area contributed by atoms with Gasteiger partial charge in [0.2, 0.25) is 5.91 Å². The first-order valence-corrected chi connectivity index (χ1v) is 6.46. The van der Waals surface area contributed by atoms with E-state index in [2.05, 4.69) is 31.8 Å². The minimum Gasteiger partial charge on any atom is -0.375 e. The fourth-order valence-electron chi connectivity index (χ4n) is 1.94. The zero-order chi connectivity index (χ0) is 12.3. The molecule has 4 heteroatoms. The molecule has 1 aliphatic rings. The largest absolute Gasteiger partial charge is 0.375 e. The third-order valence-corrected chi connectivity index (χ3v) is 3.77. The number of amides is 1. The van der Waals surface area contributed by atoms with E-state index < -0.39 is 0 Å². The van der Waals surface area contributed by atoms with Crippen LogP contribution in [0.3, 0.4) is 0 Å². The maximum atomic E-state index is 11.8. The van der Waals surface area contributed by atoms with Crippen LogP contribution in [0.5, 0.6) is 0 Å². The maximum Gasteiger partial charge on any atom is 0.233 e. The molecule has 2 unspecified atom stereocenters. The van der Waals surface area contributed by atoms with Crippen molar-refractivity contribution < 1.29 is 9.53 Å². The van der Waals surface area contributed by atoms with Crippen LogP contribution in [0.1, 0.15) is 40.5 Å². The molecule has 16 heavy (non-hydrogen) atoms. The third kappa shape index (κ3) is 3.98. The average Bonchev–Trinajstić information content (AvgIpc) is 2.14. The Labute approximate surface area is 104 Å². The topological polar surface area (TPSA) is 38.3 Å². The third-order valence-electron chi connectivity index (χ3n) is 2.94. The van der Waals surface area contributed by atoms with Crippen molar-refractivity contribution >= 4 is 18.5 Å². The first kappa shape index (κ1) is 13.8. The van der Waals surface area contributed by atoms with E-state index in [1.165, 1.54) is 0 Å². The minimum absolute atomic E-state index is 0.0426. The van der Waals surface area contributed by atoms with Gasteiger partial charge in [0.25, 0.3) is 0 Å². The van der Waals surface area contributed by atoms with Gasteiger partial charge in [-0.25, -0.2) is 0 Å². The zero-order valence-corrected chi connectivity index (χ0v) is 11.5. The summed E-state index contributed by atoms with van der Waals surface area (Å²) in [5.41, 5.74) is -0.125. The highest BCUT2D eigenvalue weighted by atomic mass is 32.1. The lowest BCUT2D eigenvalue weighted by Gasteiger charge is -2.36. The molecule has 1 amide bonds. The van der Waals surface area contributed by atoms with Crippen molar-refractivity contribution in [2.75, 3.05) is 6.61 Å². The van der Waals surface area contributed by atoms with E-state index in [0.717, 1.165) is 19.4 Å². The number of rotatable bonds is 3. The lowest BCUT2D eigenvalue weighted by molar-refractivity contribution is -0.124. The van der Waals surface area contributed by atoms with Gasteiger partial charge in [-0.2, -0.15) is 12.6 Å². The Bertz CT molecular complexity index is 253. The summed E-state index contributed by atoms with van der Waals surface area (Å²) in [6, 6.07) is 0.227. The summed E-state index contributed by atoms with van der Waals surface area (Å²) in [6.45, 7) is 8.85. The summed E-state index contributed by atoms with van der Waals surface area (Å²) >= 11 is 4.32. The first-order chi connectivity index (χ1) is 7.32. The first-order valence-electron chi connectivity index (χ1n) is 5.94. The quantitative estimate of drug-likeness (QED) is 0.747. The number of thiol groups is 1. The van der Waals surface area contributed by atoms with E-state index in [9.17, 15) is 4.79 Å². The summed E-state index contributed by atoms with van der Waals surface area (Å²) in [5, 5.41) is 2.84. The molecule has 2 atom stereocenters. The molecule has 0 bridgehead atoms. The Morgan fingerprint density at radius 3 is 2.62 bits per heavy atom. The highest BCUT2D eigenvalue weighted by Gasteiger charge is 2.30. The van der Waals surface area contributed by atoms with E-state index >= 15 is 0 Å². The molecule has 0 radical (unpaired) electrons. The molecule has 0 aliphatic carbocycles. The van der Waals surface area contributed by atoms with E-state index in [0.29, 0.717) is 0 Å². The average molecular weight is 245 g/mol. The molecular weight excluding hydrogens is 222 g/mol. The van der Waals surface area contributed by atoms with Gasteiger partial charge in [0.05, 0.1) is 10.9 Å². The van der Waals surface area contributed by atoms with Gasteiger partial charge in [-0.1, -0.05) is 13.8 Å². The molecule has 0 aromatic carbocycles. The lowest BCUT2D eigenvalue weighted by atomic mass is 9.93. The van der Waals surface area contributed by atoms with Gasteiger partial charge in [-0.05, 0) is 32.6 Å². The van der Waals surface area contributed by atoms with E-state index in [1.807, 2.05) is 13.8 Å². The second-order valence-electron chi connectivity index (χ2n) is 5.50. The number of hydrogen-bond donors (Lipinski definition) is 2. The van der Waals surface area contributed by atoms with E-state index in [1.54, 1.807) is 0 Å². The predicted octanol–water partition coefficient (Wildman–Crippen LogP) is 2.01. The summed E-state index contributed by atoms with van der Waals surface area (Å²) < 4.78 is 5.61. The predicted molar refractivity (Wildman–Crippen MR) is 68.8 cm³/mol. The van der Waals surface area contributed by atoms with Crippen molar-refractivity contribution in [1.29, 1.82) is 0 Å². The number of hydrogen-bond acceptors (Lipinski definition) is 3. The second kappa shape index (κ2) is 5.41. The molecule has 1 rings (SSSR count). The van der Waals surface area contributed by atoms with Gasteiger partial charge in [0.1, 0.15) is 0 Å². The zero-order valence-electron chi connectivity index (χ0n) is 10.6. The number of ether oxygens (including phenoxy) is 1. The van der Waals surface area contributed by atoms with Crippen molar-refractivity contribution in [3.8, 4) is 0 Å². The second-order valence-corrected chi connectivity index (χ2v) is 6.05. The van der Waals surface area contributed by atoms with Gasteiger partial charge in [-0.15, -0.1) is 0 Å². The van der Waals surface area contributed by atoms with Gasteiger partial charge in [0.15, 0.2) is 0 Å². The van der Waals surface area contributed by atoms with Gasteiger partial charge < -0.3 is 10.1 Å². The van der Waals surface area contributed by atoms with Crippen LogP contribution in [0.15, 0.2) is 0 Å². The smallest absolute Gasteiger partial charge is 0.233 e. The molecule has 94 valence electrons. The van der Waals surface area contributed by atoms with Gasteiger partial charge >= 0.3 is 0 Å². The number of carbonyl (C=O) groups excluding carboxylic acids is 1. The highest BCUT2D eigenvalue weighted by molar-refractivity contribution is 7.81. The van der Waals surface area contributed by atoms with Crippen LogP contribution in [-0.2, 0) is 9.53 Å². The summed E-state index contributed by atoms with van der Waals surface area (Å²) in [5.74, 6) is 0.303. The van der Waals surface area contributed by atoms with E-state index in [-0.39, 0.29) is 28.7 Å². The summed E-state index contributed by atoms with van der Waals surface area (Å²) in [6.07, 6.45) is 1.77. The number of carbonyl (C=O) groups is 1. The summed E-state index contributed by atoms with van der Waals surface area (Å²) in [4.78, 5) is 11.8. The Morgan fingerprint density at radius 1 is 1.50 bits per heavy atom. The van der Waals surface area contributed by atoms with Crippen LogP contribution in [0.4, 0.5) is 0 Å². The molecule has 0 aromatic rings. The standard InChI is InChI=1S/C12H23NO2S/c1-8(2)10(16)11(14)13-9-5-6-15-12(3,4)7-9/h8-10,16H,5-7H2,1-4H3,(H,13,14). The fraction of sp³-hybridized carbons (Fsp3) is 0.917. The van der Waals surface area contributed by atoms with Crippen molar-refractivity contribution in [3.05, 3.63) is 0 Å². The Kier molecular flexibility index (Phi) is 4.68. The molecule has 0 saturated carbocycles. The van der Waals surface area contributed by atoms with Crippen molar-refractivity contribution in [1.82, 2.24) is 5.32 Å². The molecular formula is C12H23NO2S. The van der Waals surface area contributed by atoms with Crippen LogP contribution < -0.4 is 5.32 Å². The van der Waals surface area contributed by atoms with Crippen molar-refractivity contribution in [2.45, 2.75) is 57.4 Å². The van der Waals surface area contributed by atoms with Crippen LogP contribution in [0.25, 0.3) is 0 Å². The molecule has 1 heterocycles. The molecule has 3 nitrogen and oxygen atoms in total. The van der Waals surface area contributed by atoms with E-state index in [4.69, 9.17) is 4.74 Å². The Balaban J connectivity index is 2.45. The normalized spacial score (nSPS) is 26.5. The van der Waals surface area contributed by atoms with Gasteiger partial charge in [-0.3, -0.25) is 4.79 Å². The fourth-order valence-corrected chi connectivity index (χ4v) is 2.02. The SMILES string of the molecule is CC(C)C(S)C(=O)NC1CCOC(C)(C)C1. The molecule has 1 fully saturated rings. The highest BCUT2D eigenvalue weighted by Crippen LogP contribution is 2.24. The molecule has 1 N–H and O–H groups in total. The maximum absolute atomic E-state index is 11.8. The van der Waals surface area contributed by atoms with Crippen LogP contribution in [0.2, 0.25) is 0 Å². The lowest BCUT2D eigenvalue weighted by Crippen LogP contribution is -2.48. The molecule has 0 aromatic heterocycles. The summed E-state index contributed by atoms with van der Waals surface area (Å²) in [7, 11) is 0. The Morgan fingerprint density at radius 2 is 2.12 bits per heavy atom. The number of nitrogens with one attached hydrogen (secondary N) is 1. The monoisotopic (exact) mass is 245 g/mol. The molecule has 1 aliphatic heterocycles. The van der Waals surface area contributed by atoms with Crippen LogP contribution >= 0.6 is 12.6 Å². The van der Waals surface area contributed by atoms with Crippen LogP contribution in [-0.4, -0.2) is 29.4 Å². The van der Waals surface area contributed by atoms with Crippen LogP contribution in [0, 0.1) is 5.92 Å². The molecule has 1 saturated heterocycles. The molecule has 0 spiro atoms. The van der Waals surface area contributed by atoms with Crippen molar-refractivity contribution in [3.63, 3.8) is 0 Å². The Hall–Kier alpha value is -0.220.